The Morgan fingerprint density at radius 3 is 2.20 bits per heavy atom. The third-order valence-corrected chi connectivity index (χ3v) is 9.94. The van der Waals surface area contributed by atoms with Gasteiger partial charge in [0, 0.05) is 48.2 Å². The van der Waals surface area contributed by atoms with Crippen LogP contribution in [0.25, 0.3) is 21.8 Å². The van der Waals surface area contributed by atoms with Gasteiger partial charge in [0.1, 0.15) is 5.75 Å². The van der Waals surface area contributed by atoms with Crippen molar-refractivity contribution in [2.45, 2.75) is 30.3 Å². The highest BCUT2D eigenvalue weighted by molar-refractivity contribution is 7.89. The summed E-state index contributed by atoms with van der Waals surface area (Å²) < 4.78 is 71.1. The molecule has 2 aromatic heterocycles. The van der Waals surface area contributed by atoms with Gasteiger partial charge < -0.3 is 20.0 Å². The zero-order valence-corrected chi connectivity index (χ0v) is 27.1. The molecule has 6 rings (SSSR count). The summed E-state index contributed by atoms with van der Waals surface area (Å²) in [5.74, 6) is -1.67. The largest absolute Gasteiger partial charge is 0.507 e. The highest BCUT2D eigenvalue weighted by Crippen LogP contribution is 2.42. The number of benzene rings is 4. The van der Waals surface area contributed by atoms with Crippen LogP contribution in [0.3, 0.4) is 0 Å². The molecule has 0 spiro atoms. The molecule has 0 fully saturated rings. The number of nitrogens with zero attached hydrogens (tertiary/aromatic N) is 1. The fourth-order valence-electron chi connectivity index (χ4n) is 6.16. The number of rotatable bonds is 9. The molecule has 0 saturated heterocycles. The number of amides is 1. The number of aromatic amines is 1. The Morgan fingerprint density at radius 2 is 1.55 bits per heavy atom. The number of para-hydroxylation sites is 2. The predicted molar refractivity (Wildman–Crippen MR) is 181 cm³/mol. The molecule has 9 nitrogen and oxygen atoms in total. The molecule has 0 radical (unpaired) electrons. The number of anilines is 1. The highest BCUT2D eigenvalue weighted by Gasteiger charge is 2.33. The van der Waals surface area contributed by atoms with Gasteiger partial charge in [0.2, 0.25) is 15.9 Å². The number of halogens is 3. The summed E-state index contributed by atoms with van der Waals surface area (Å²) in [7, 11) is -2.43. The van der Waals surface area contributed by atoms with Crippen LogP contribution in [0.1, 0.15) is 40.8 Å². The summed E-state index contributed by atoms with van der Waals surface area (Å²) in [4.78, 5) is 28.7. The molecule has 1 unspecified atom stereocenters. The van der Waals surface area contributed by atoms with Crippen molar-refractivity contribution >= 4 is 43.4 Å². The molecule has 0 aliphatic carbocycles. The lowest BCUT2D eigenvalue weighted by Crippen LogP contribution is -2.27. The maximum Gasteiger partial charge on any atom is 0.416 e. The number of sulfonamides is 1. The van der Waals surface area contributed by atoms with Gasteiger partial charge in [0.25, 0.3) is 5.56 Å². The number of aromatic nitrogens is 2. The molecular weight excluding hydrogens is 657 g/mol. The van der Waals surface area contributed by atoms with E-state index >= 15 is 0 Å². The summed E-state index contributed by atoms with van der Waals surface area (Å²) in [5.41, 5.74) is 1.43. The molecule has 2 heterocycles. The van der Waals surface area contributed by atoms with Crippen molar-refractivity contribution in [2.75, 3.05) is 11.9 Å². The number of carbonyl (C=O) groups excluding carboxylic acids is 1. The van der Waals surface area contributed by atoms with E-state index in [2.05, 4.69) is 15.0 Å². The van der Waals surface area contributed by atoms with Crippen molar-refractivity contribution in [3.8, 4) is 5.75 Å². The van der Waals surface area contributed by atoms with Gasteiger partial charge in [-0.25, -0.2) is 13.1 Å². The Morgan fingerprint density at radius 1 is 0.918 bits per heavy atom. The molecule has 0 aliphatic heterocycles. The number of aromatic hydroxyl groups is 1. The molecule has 49 heavy (non-hydrogen) atoms. The van der Waals surface area contributed by atoms with Gasteiger partial charge in [-0.05, 0) is 72.1 Å². The van der Waals surface area contributed by atoms with E-state index in [0.29, 0.717) is 44.3 Å². The Bertz CT molecular complexity index is 2370. The van der Waals surface area contributed by atoms with Crippen molar-refractivity contribution in [3.63, 3.8) is 0 Å². The van der Waals surface area contributed by atoms with Crippen LogP contribution in [-0.2, 0) is 34.5 Å². The molecule has 6 aromatic rings. The summed E-state index contributed by atoms with van der Waals surface area (Å²) in [5, 5.41) is 15.3. The average Bonchev–Trinajstić information content (AvgIpc) is 3.43. The molecule has 0 saturated carbocycles. The molecule has 1 atom stereocenters. The average molecular weight is 689 g/mol. The van der Waals surface area contributed by atoms with Crippen molar-refractivity contribution < 1.29 is 31.5 Å². The van der Waals surface area contributed by atoms with Crippen LogP contribution in [-0.4, -0.2) is 35.5 Å². The molecule has 0 aliphatic rings. The molecular formula is C36H31F3N4O5S. The smallest absolute Gasteiger partial charge is 0.416 e. The lowest BCUT2D eigenvalue weighted by atomic mass is 9.84. The van der Waals surface area contributed by atoms with Gasteiger partial charge in [-0.15, -0.1) is 0 Å². The fourth-order valence-corrected chi connectivity index (χ4v) is 7.19. The van der Waals surface area contributed by atoms with E-state index in [-0.39, 0.29) is 35.1 Å². The number of carbonyl (C=O) groups is 1. The fraction of sp³-hybridized carbons (Fsp3) is 0.167. The Hall–Kier alpha value is -5.40. The van der Waals surface area contributed by atoms with Crippen LogP contribution in [0.2, 0.25) is 0 Å². The van der Waals surface area contributed by atoms with Gasteiger partial charge in [0.05, 0.1) is 27.5 Å². The number of fused-ring (bicyclic) bond motifs is 2. The van der Waals surface area contributed by atoms with Crippen molar-refractivity contribution in [3.05, 3.63) is 135 Å². The van der Waals surface area contributed by atoms with E-state index in [0.717, 1.165) is 12.1 Å². The van der Waals surface area contributed by atoms with Gasteiger partial charge in [0.15, 0.2) is 0 Å². The number of aryl methyl sites for hydroxylation is 1. The standard InChI is InChI=1S/C36H31F3N4O5S/c1-21(44)41-24-15-17-25(18-16-24)49(47,48)40-20-19-27-26-7-3-5-9-29(26)42-33(27)31(22-11-13-23(14-12-22)36(37,38)39)32-34(45)28-8-4-6-10-30(28)43(2)35(32)46/h3-18,31,40,42,45H,19-20H2,1-2H3,(H,41,44). The second-order valence-corrected chi connectivity index (χ2v) is 13.4. The first-order chi connectivity index (χ1) is 23.3. The number of H-pyrrole nitrogens is 1. The second kappa shape index (κ2) is 12.9. The number of nitrogens with one attached hydrogen (secondary N) is 3. The Labute approximate surface area is 279 Å². The first-order valence-corrected chi connectivity index (χ1v) is 16.7. The minimum Gasteiger partial charge on any atom is -0.507 e. The zero-order chi connectivity index (χ0) is 35.1. The number of hydrogen-bond donors (Lipinski definition) is 4. The predicted octanol–water partition coefficient (Wildman–Crippen LogP) is 6.40. The van der Waals surface area contributed by atoms with Crippen LogP contribution >= 0.6 is 0 Å². The molecule has 252 valence electrons. The van der Waals surface area contributed by atoms with Crippen LogP contribution in [0.15, 0.2) is 107 Å². The Kier molecular flexibility index (Phi) is 8.82. The number of alkyl halides is 3. The van der Waals surface area contributed by atoms with Crippen LogP contribution in [0.4, 0.5) is 18.9 Å². The molecule has 0 bridgehead atoms. The normalized spacial score (nSPS) is 12.8. The van der Waals surface area contributed by atoms with Crippen LogP contribution < -0.4 is 15.6 Å². The van der Waals surface area contributed by atoms with E-state index in [1.165, 1.54) is 47.9 Å². The topological polar surface area (TPSA) is 133 Å². The molecule has 4 aromatic carbocycles. The highest BCUT2D eigenvalue weighted by atomic mass is 32.2. The van der Waals surface area contributed by atoms with E-state index in [9.17, 15) is 36.3 Å². The molecule has 13 heteroatoms. The molecule has 1 amide bonds. The minimum absolute atomic E-state index is 0.0204. The lowest BCUT2D eigenvalue weighted by molar-refractivity contribution is -0.137. The van der Waals surface area contributed by atoms with Gasteiger partial charge in [-0.1, -0.05) is 42.5 Å². The first-order valence-electron chi connectivity index (χ1n) is 15.2. The Balaban J connectivity index is 1.46. The van der Waals surface area contributed by atoms with E-state index in [1.54, 1.807) is 49.5 Å². The summed E-state index contributed by atoms with van der Waals surface area (Å²) in [6.45, 7) is 1.26. The van der Waals surface area contributed by atoms with Gasteiger partial charge in [-0.3, -0.25) is 9.59 Å². The summed E-state index contributed by atoms with van der Waals surface area (Å²) in [6.07, 6.45) is -4.47. The quantitative estimate of drug-likeness (QED) is 0.140. The SMILES string of the molecule is CC(=O)Nc1ccc(S(=O)(=O)NCCc2c(C(c3ccc(C(F)(F)F)cc3)c3c(O)c4ccccc4n(C)c3=O)[nH]c3ccccc23)cc1. The third kappa shape index (κ3) is 6.54. The monoisotopic (exact) mass is 688 g/mol. The van der Waals surface area contributed by atoms with E-state index < -0.39 is 33.2 Å². The number of pyridine rings is 1. The molecule has 4 N–H and O–H groups in total. The van der Waals surface area contributed by atoms with Gasteiger partial charge >= 0.3 is 6.18 Å². The third-order valence-electron chi connectivity index (χ3n) is 8.46. The van der Waals surface area contributed by atoms with Crippen molar-refractivity contribution in [2.24, 2.45) is 7.05 Å². The van der Waals surface area contributed by atoms with Gasteiger partial charge in [-0.2, -0.15) is 13.2 Å². The first kappa shape index (κ1) is 33.5. The second-order valence-electron chi connectivity index (χ2n) is 11.6. The minimum atomic E-state index is -4.59. The van der Waals surface area contributed by atoms with Crippen LogP contribution in [0, 0.1) is 0 Å². The summed E-state index contributed by atoms with van der Waals surface area (Å²) >= 11 is 0. The van der Waals surface area contributed by atoms with Crippen molar-refractivity contribution in [1.82, 2.24) is 14.3 Å². The van der Waals surface area contributed by atoms with Crippen molar-refractivity contribution in [1.29, 1.82) is 0 Å². The van der Waals surface area contributed by atoms with Crippen LogP contribution in [0.5, 0.6) is 5.75 Å². The van der Waals surface area contributed by atoms with E-state index in [4.69, 9.17) is 0 Å². The maximum absolute atomic E-state index is 14.0. The maximum atomic E-state index is 14.0. The lowest BCUT2D eigenvalue weighted by Gasteiger charge is -2.22. The van der Waals surface area contributed by atoms with E-state index in [1.807, 2.05) is 6.07 Å². The summed E-state index contributed by atoms with van der Waals surface area (Å²) in [6, 6.07) is 24.1. The number of hydrogen-bond acceptors (Lipinski definition) is 5. The zero-order valence-electron chi connectivity index (χ0n) is 26.3.